The highest BCUT2D eigenvalue weighted by molar-refractivity contribution is 14.0. The Bertz CT molecular complexity index is 271. The predicted molar refractivity (Wildman–Crippen MR) is 92.3 cm³/mol. The first kappa shape index (κ1) is 17.0. The Morgan fingerprint density at radius 2 is 1.79 bits per heavy atom. The molecule has 1 heterocycles. The minimum absolute atomic E-state index is 0. The Morgan fingerprint density at radius 1 is 1.11 bits per heavy atom. The summed E-state index contributed by atoms with van der Waals surface area (Å²) in [5, 5.41) is 6.84. The summed E-state index contributed by atoms with van der Waals surface area (Å²) >= 11 is 0. The fourth-order valence-electron chi connectivity index (χ4n) is 2.53. The van der Waals surface area contributed by atoms with Crippen LogP contribution in [-0.4, -0.2) is 51.1 Å². The van der Waals surface area contributed by atoms with Gasteiger partial charge in [0.25, 0.3) is 0 Å². The van der Waals surface area contributed by atoms with Crippen LogP contribution in [0.4, 0.5) is 0 Å². The molecular weight excluding hydrogens is 351 g/mol. The third-order valence-corrected chi connectivity index (χ3v) is 4.16. The van der Waals surface area contributed by atoms with Crippen molar-refractivity contribution in [2.75, 3.05) is 40.3 Å². The van der Waals surface area contributed by atoms with Gasteiger partial charge in [0.05, 0.1) is 0 Å². The largest absolute Gasteiger partial charge is 0.356 e. The number of likely N-dealkylation sites (tertiary alicyclic amines) is 1. The number of hydrogen-bond donors (Lipinski definition) is 2. The number of rotatable bonds is 5. The smallest absolute Gasteiger partial charge is 0.190 e. The molecule has 19 heavy (non-hydrogen) atoms. The molecule has 2 aliphatic rings. The standard InChI is InChI=1S/C14H28N4.HI/c1-15-14(17-11-13-3-4-13)16-8-5-12-6-9-18(2)10-7-12;/h12-13H,3-11H2,1-2H3,(H2,15,16,17);1H. The Kier molecular flexibility index (Phi) is 8.06. The molecule has 2 rings (SSSR count). The van der Waals surface area contributed by atoms with Crippen LogP contribution in [0.2, 0.25) is 0 Å². The highest BCUT2D eigenvalue weighted by Crippen LogP contribution is 2.27. The van der Waals surface area contributed by atoms with Crippen LogP contribution in [0.15, 0.2) is 4.99 Å². The first-order valence-electron chi connectivity index (χ1n) is 7.41. The van der Waals surface area contributed by atoms with Crippen molar-refractivity contribution in [3.63, 3.8) is 0 Å². The summed E-state index contributed by atoms with van der Waals surface area (Å²) in [6.07, 6.45) is 6.76. The van der Waals surface area contributed by atoms with Gasteiger partial charge in [-0.2, -0.15) is 0 Å². The maximum atomic E-state index is 4.27. The summed E-state index contributed by atoms with van der Waals surface area (Å²) in [5.74, 6) is 2.78. The molecule has 1 aliphatic carbocycles. The van der Waals surface area contributed by atoms with Gasteiger partial charge in [0.2, 0.25) is 0 Å². The molecule has 1 saturated carbocycles. The van der Waals surface area contributed by atoms with Crippen molar-refractivity contribution >= 4 is 29.9 Å². The van der Waals surface area contributed by atoms with Crippen LogP contribution in [0.5, 0.6) is 0 Å². The van der Waals surface area contributed by atoms with E-state index in [-0.39, 0.29) is 24.0 Å². The van der Waals surface area contributed by atoms with Crippen LogP contribution in [0, 0.1) is 11.8 Å². The topological polar surface area (TPSA) is 39.7 Å². The second kappa shape index (κ2) is 9.00. The van der Waals surface area contributed by atoms with Gasteiger partial charge in [-0.1, -0.05) is 0 Å². The van der Waals surface area contributed by atoms with Gasteiger partial charge >= 0.3 is 0 Å². The number of halogens is 1. The molecule has 0 unspecified atom stereocenters. The SMILES string of the molecule is CN=C(NCCC1CCN(C)CC1)NCC1CC1.I. The van der Waals surface area contributed by atoms with Crippen molar-refractivity contribution in [2.45, 2.75) is 32.1 Å². The van der Waals surface area contributed by atoms with Gasteiger partial charge in [0.15, 0.2) is 5.96 Å². The second-order valence-electron chi connectivity index (χ2n) is 5.86. The van der Waals surface area contributed by atoms with E-state index in [9.17, 15) is 0 Å². The van der Waals surface area contributed by atoms with Gasteiger partial charge in [-0.15, -0.1) is 24.0 Å². The van der Waals surface area contributed by atoms with Crippen molar-refractivity contribution in [2.24, 2.45) is 16.8 Å². The third-order valence-electron chi connectivity index (χ3n) is 4.16. The minimum atomic E-state index is 0. The molecule has 0 radical (unpaired) electrons. The molecule has 0 aromatic carbocycles. The van der Waals surface area contributed by atoms with Gasteiger partial charge < -0.3 is 15.5 Å². The number of guanidine groups is 1. The molecule has 112 valence electrons. The zero-order valence-electron chi connectivity index (χ0n) is 12.3. The van der Waals surface area contributed by atoms with Crippen molar-refractivity contribution in [1.29, 1.82) is 0 Å². The summed E-state index contributed by atoms with van der Waals surface area (Å²) in [6.45, 7) is 4.67. The summed E-state index contributed by atoms with van der Waals surface area (Å²) in [6, 6.07) is 0. The van der Waals surface area contributed by atoms with E-state index < -0.39 is 0 Å². The van der Waals surface area contributed by atoms with E-state index in [4.69, 9.17) is 0 Å². The van der Waals surface area contributed by atoms with E-state index in [1.807, 2.05) is 7.05 Å². The van der Waals surface area contributed by atoms with Crippen LogP contribution < -0.4 is 10.6 Å². The third kappa shape index (κ3) is 6.79. The Hall–Kier alpha value is -0.0400. The van der Waals surface area contributed by atoms with Crippen LogP contribution in [0.1, 0.15) is 32.1 Å². The zero-order valence-corrected chi connectivity index (χ0v) is 14.7. The highest BCUT2D eigenvalue weighted by Gasteiger charge is 2.21. The number of nitrogens with one attached hydrogen (secondary N) is 2. The molecule has 0 amide bonds. The Morgan fingerprint density at radius 3 is 2.37 bits per heavy atom. The van der Waals surface area contributed by atoms with Crippen LogP contribution in [-0.2, 0) is 0 Å². The van der Waals surface area contributed by atoms with Crippen molar-refractivity contribution in [3.05, 3.63) is 0 Å². The van der Waals surface area contributed by atoms with E-state index in [0.717, 1.165) is 30.9 Å². The first-order chi connectivity index (χ1) is 8.78. The fourth-order valence-corrected chi connectivity index (χ4v) is 2.53. The lowest BCUT2D eigenvalue weighted by Crippen LogP contribution is -2.39. The molecule has 4 nitrogen and oxygen atoms in total. The normalized spacial score (nSPS) is 21.9. The maximum absolute atomic E-state index is 4.27. The van der Waals surface area contributed by atoms with Gasteiger partial charge in [-0.3, -0.25) is 4.99 Å². The summed E-state index contributed by atoms with van der Waals surface area (Å²) in [4.78, 5) is 6.70. The molecule has 2 N–H and O–H groups in total. The lowest BCUT2D eigenvalue weighted by Gasteiger charge is -2.29. The van der Waals surface area contributed by atoms with E-state index in [1.165, 1.54) is 45.2 Å². The maximum Gasteiger partial charge on any atom is 0.190 e. The van der Waals surface area contributed by atoms with E-state index in [1.54, 1.807) is 0 Å². The average Bonchev–Trinajstić information content (AvgIpc) is 3.20. The molecule has 0 aromatic heterocycles. The number of piperidine rings is 1. The van der Waals surface area contributed by atoms with Gasteiger partial charge in [-0.05, 0) is 64.1 Å². The lowest BCUT2D eigenvalue weighted by atomic mass is 9.94. The minimum Gasteiger partial charge on any atom is -0.356 e. The molecule has 2 fully saturated rings. The summed E-state index contributed by atoms with van der Waals surface area (Å²) < 4.78 is 0. The van der Waals surface area contributed by atoms with Crippen LogP contribution in [0.25, 0.3) is 0 Å². The molecule has 0 atom stereocenters. The quantitative estimate of drug-likeness (QED) is 0.435. The lowest BCUT2D eigenvalue weighted by molar-refractivity contribution is 0.213. The molecule has 0 aromatic rings. The van der Waals surface area contributed by atoms with Crippen molar-refractivity contribution < 1.29 is 0 Å². The van der Waals surface area contributed by atoms with E-state index in [2.05, 4.69) is 27.6 Å². The van der Waals surface area contributed by atoms with Gasteiger partial charge in [-0.25, -0.2) is 0 Å². The van der Waals surface area contributed by atoms with Crippen LogP contribution in [0.3, 0.4) is 0 Å². The Labute approximate surface area is 134 Å². The predicted octanol–water partition coefficient (Wildman–Crippen LogP) is 1.91. The van der Waals surface area contributed by atoms with Crippen LogP contribution >= 0.6 is 24.0 Å². The number of nitrogens with zero attached hydrogens (tertiary/aromatic N) is 2. The second-order valence-corrected chi connectivity index (χ2v) is 5.86. The van der Waals surface area contributed by atoms with Crippen molar-refractivity contribution in [1.82, 2.24) is 15.5 Å². The molecule has 1 aliphatic heterocycles. The summed E-state index contributed by atoms with van der Waals surface area (Å²) in [7, 11) is 4.08. The first-order valence-corrected chi connectivity index (χ1v) is 7.41. The Balaban J connectivity index is 0.00000180. The van der Waals surface area contributed by atoms with E-state index in [0.29, 0.717) is 0 Å². The molecule has 1 saturated heterocycles. The zero-order chi connectivity index (χ0) is 12.8. The summed E-state index contributed by atoms with van der Waals surface area (Å²) in [5.41, 5.74) is 0. The highest BCUT2D eigenvalue weighted by atomic mass is 127. The van der Waals surface area contributed by atoms with E-state index >= 15 is 0 Å². The molecule has 0 bridgehead atoms. The number of aliphatic imine (C=N–C) groups is 1. The van der Waals surface area contributed by atoms with Gasteiger partial charge in [0, 0.05) is 20.1 Å². The average molecular weight is 380 g/mol. The molecular formula is C14H29IN4. The molecule has 0 spiro atoms. The number of hydrogen-bond acceptors (Lipinski definition) is 2. The van der Waals surface area contributed by atoms with Gasteiger partial charge in [0.1, 0.15) is 0 Å². The monoisotopic (exact) mass is 380 g/mol. The van der Waals surface area contributed by atoms with Crippen molar-refractivity contribution in [3.8, 4) is 0 Å². The molecule has 5 heteroatoms. The fraction of sp³-hybridized carbons (Fsp3) is 0.929.